The van der Waals surface area contributed by atoms with Crippen molar-refractivity contribution in [2.24, 2.45) is 11.3 Å². The van der Waals surface area contributed by atoms with Gasteiger partial charge in [0, 0.05) is 18.2 Å². The highest BCUT2D eigenvalue weighted by Crippen LogP contribution is 2.50. The Hall–Kier alpha value is -1.07. The quantitative estimate of drug-likeness (QED) is 0.845. The summed E-state index contributed by atoms with van der Waals surface area (Å²) in [6.45, 7) is 4.63. The molecule has 5 heteroatoms. The molecule has 1 fully saturated rings. The molecule has 0 aromatic heterocycles. The maximum absolute atomic E-state index is 11.7. The molecule has 1 aromatic rings. The number of nitrogens with one attached hydrogen (secondary N) is 1. The van der Waals surface area contributed by atoms with Crippen LogP contribution in [-0.4, -0.2) is 32.4 Å². The lowest BCUT2D eigenvalue weighted by molar-refractivity contribution is 0.0567. The van der Waals surface area contributed by atoms with Gasteiger partial charge in [-0.3, -0.25) is 0 Å². The maximum atomic E-state index is 11.7. The Labute approximate surface area is 121 Å². The summed E-state index contributed by atoms with van der Waals surface area (Å²) in [6.07, 6.45) is 2.84. The van der Waals surface area contributed by atoms with E-state index >= 15 is 0 Å². The molecule has 1 aliphatic carbocycles. The number of aliphatic hydroxyl groups excluding tert-OH is 1. The van der Waals surface area contributed by atoms with Gasteiger partial charge >= 0.3 is 0 Å². The predicted molar refractivity (Wildman–Crippen MR) is 80.6 cm³/mol. The lowest BCUT2D eigenvalue weighted by Gasteiger charge is -2.26. The molecule has 0 radical (unpaired) electrons. The molecule has 2 N–H and O–H groups in total. The van der Waals surface area contributed by atoms with Crippen LogP contribution in [0.1, 0.15) is 26.7 Å². The average Bonchev–Trinajstić information content (AvgIpc) is 3.16. The molecule has 1 saturated carbocycles. The van der Waals surface area contributed by atoms with Gasteiger partial charge in [-0.15, -0.1) is 0 Å². The number of aliphatic hydroxyl groups is 1. The van der Waals surface area contributed by atoms with E-state index in [-0.39, 0.29) is 17.4 Å². The second kappa shape index (κ2) is 5.37. The van der Waals surface area contributed by atoms with Crippen molar-refractivity contribution in [3.05, 3.63) is 24.3 Å². The number of benzene rings is 1. The number of para-hydroxylation sites is 1. The fourth-order valence-corrected chi connectivity index (χ4v) is 3.52. The van der Waals surface area contributed by atoms with Gasteiger partial charge in [0.2, 0.25) is 0 Å². The fraction of sp³-hybridized carbons (Fsp3) is 0.600. The highest BCUT2D eigenvalue weighted by atomic mass is 32.2. The predicted octanol–water partition coefficient (Wildman–Crippen LogP) is 2.30. The summed E-state index contributed by atoms with van der Waals surface area (Å²) < 4.78 is 23.5. The van der Waals surface area contributed by atoms with E-state index in [4.69, 9.17) is 0 Å². The number of rotatable bonds is 6. The van der Waals surface area contributed by atoms with Crippen LogP contribution < -0.4 is 5.32 Å². The zero-order valence-electron chi connectivity index (χ0n) is 12.3. The molecule has 0 bridgehead atoms. The third kappa shape index (κ3) is 3.15. The van der Waals surface area contributed by atoms with Gasteiger partial charge in [0.15, 0.2) is 9.84 Å². The van der Waals surface area contributed by atoms with Crippen LogP contribution in [0, 0.1) is 11.3 Å². The van der Waals surface area contributed by atoms with Gasteiger partial charge in [0.1, 0.15) is 0 Å². The summed E-state index contributed by atoms with van der Waals surface area (Å²) in [5, 5.41) is 13.5. The van der Waals surface area contributed by atoms with Crippen molar-refractivity contribution in [3.63, 3.8) is 0 Å². The zero-order valence-corrected chi connectivity index (χ0v) is 13.1. The molecule has 1 aliphatic rings. The summed E-state index contributed by atoms with van der Waals surface area (Å²) in [6, 6.07) is 6.91. The SMILES string of the molecule is CC(C)C(O)C1(CNc2ccccc2S(C)(=O)=O)CC1. The Morgan fingerprint density at radius 3 is 2.40 bits per heavy atom. The van der Waals surface area contributed by atoms with Crippen molar-refractivity contribution in [2.75, 3.05) is 18.1 Å². The van der Waals surface area contributed by atoms with Gasteiger partial charge in [0.25, 0.3) is 0 Å². The Kier molecular flexibility index (Phi) is 4.12. The molecular weight excluding hydrogens is 274 g/mol. The van der Waals surface area contributed by atoms with E-state index in [1.807, 2.05) is 19.9 Å². The first-order valence-corrected chi connectivity index (χ1v) is 8.86. The smallest absolute Gasteiger partial charge is 0.177 e. The number of hydrogen-bond donors (Lipinski definition) is 2. The van der Waals surface area contributed by atoms with Crippen molar-refractivity contribution in [1.82, 2.24) is 0 Å². The van der Waals surface area contributed by atoms with E-state index in [9.17, 15) is 13.5 Å². The van der Waals surface area contributed by atoms with Crippen LogP contribution in [0.3, 0.4) is 0 Å². The van der Waals surface area contributed by atoms with E-state index in [1.54, 1.807) is 18.2 Å². The molecule has 1 aromatic carbocycles. The second-order valence-electron chi connectivity index (χ2n) is 6.17. The van der Waals surface area contributed by atoms with Crippen molar-refractivity contribution in [2.45, 2.75) is 37.7 Å². The largest absolute Gasteiger partial charge is 0.392 e. The molecule has 1 atom stereocenters. The Morgan fingerprint density at radius 1 is 1.30 bits per heavy atom. The van der Waals surface area contributed by atoms with E-state index in [0.717, 1.165) is 12.8 Å². The Bertz CT molecular complexity index is 577. The molecule has 2 rings (SSSR count). The highest BCUT2D eigenvalue weighted by Gasteiger charge is 2.49. The zero-order chi connectivity index (χ0) is 15.0. The number of sulfone groups is 1. The van der Waals surface area contributed by atoms with Crippen LogP contribution >= 0.6 is 0 Å². The molecule has 4 nitrogen and oxygen atoms in total. The van der Waals surface area contributed by atoms with Crippen molar-refractivity contribution in [3.8, 4) is 0 Å². The van der Waals surface area contributed by atoms with Crippen LogP contribution in [0.5, 0.6) is 0 Å². The Balaban J connectivity index is 2.13. The van der Waals surface area contributed by atoms with E-state index in [1.165, 1.54) is 6.26 Å². The summed E-state index contributed by atoms with van der Waals surface area (Å²) >= 11 is 0. The minimum Gasteiger partial charge on any atom is -0.392 e. The van der Waals surface area contributed by atoms with E-state index < -0.39 is 9.84 Å². The third-order valence-electron chi connectivity index (χ3n) is 4.07. The van der Waals surface area contributed by atoms with Gasteiger partial charge in [0.05, 0.1) is 16.7 Å². The first-order valence-electron chi connectivity index (χ1n) is 6.97. The standard InChI is InChI=1S/C15H23NO3S/c1-11(2)14(17)15(8-9-15)10-16-12-6-4-5-7-13(12)20(3,18)19/h4-7,11,14,16-17H,8-10H2,1-3H3. The van der Waals surface area contributed by atoms with Gasteiger partial charge in [-0.1, -0.05) is 26.0 Å². The van der Waals surface area contributed by atoms with Gasteiger partial charge in [-0.05, 0) is 30.9 Å². The topological polar surface area (TPSA) is 66.4 Å². The van der Waals surface area contributed by atoms with Crippen LogP contribution in [0.4, 0.5) is 5.69 Å². The summed E-state index contributed by atoms with van der Waals surface area (Å²) in [5.74, 6) is 0.212. The number of hydrogen-bond acceptors (Lipinski definition) is 4. The van der Waals surface area contributed by atoms with Gasteiger partial charge in [-0.25, -0.2) is 8.42 Å². The monoisotopic (exact) mass is 297 g/mol. The van der Waals surface area contributed by atoms with Crippen LogP contribution in [-0.2, 0) is 9.84 Å². The molecule has 112 valence electrons. The minimum absolute atomic E-state index is 0.0984. The molecule has 0 heterocycles. The van der Waals surface area contributed by atoms with Crippen molar-refractivity contribution < 1.29 is 13.5 Å². The maximum Gasteiger partial charge on any atom is 0.177 e. The van der Waals surface area contributed by atoms with Gasteiger partial charge in [-0.2, -0.15) is 0 Å². The average molecular weight is 297 g/mol. The normalized spacial score (nSPS) is 18.9. The van der Waals surface area contributed by atoms with Crippen LogP contribution in [0.2, 0.25) is 0 Å². The third-order valence-corrected chi connectivity index (χ3v) is 5.22. The van der Waals surface area contributed by atoms with Crippen molar-refractivity contribution >= 4 is 15.5 Å². The second-order valence-corrected chi connectivity index (χ2v) is 8.16. The van der Waals surface area contributed by atoms with Crippen molar-refractivity contribution in [1.29, 1.82) is 0 Å². The van der Waals surface area contributed by atoms with Crippen LogP contribution in [0.25, 0.3) is 0 Å². The Morgan fingerprint density at radius 2 is 1.90 bits per heavy atom. The van der Waals surface area contributed by atoms with Crippen LogP contribution in [0.15, 0.2) is 29.2 Å². The summed E-state index contributed by atoms with van der Waals surface area (Å²) in [5.41, 5.74) is 0.524. The first kappa shape index (κ1) is 15.3. The number of anilines is 1. The lowest BCUT2D eigenvalue weighted by atomic mass is 9.90. The lowest BCUT2D eigenvalue weighted by Crippen LogP contribution is -2.33. The summed E-state index contributed by atoms with van der Waals surface area (Å²) in [7, 11) is -3.24. The molecule has 0 aliphatic heterocycles. The molecule has 0 saturated heterocycles. The minimum atomic E-state index is -3.24. The molecule has 0 spiro atoms. The van der Waals surface area contributed by atoms with E-state index in [2.05, 4.69) is 5.32 Å². The molecule has 1 unspecified atom stereocenters. The molecule has 20 heavy (non-hydrogen) atoms. The van der Waals surface area contributed by atoms with Gasteiger partial charge < -0.3 is 10.4 Å². The summed E-state index contributed by atoms with van der Waals surface area (Å²) in [4.78, 5) is 0.315. The molecular formula is C15H23NO3S. The molecule has 0 amide bonds. The fourth-order valence-electron chi connectivity index (χ4n) is 2.65. The highest BCUT2D eigenvalue weighted by molar-refractivity contribution is 7.90. The van der Waals surface area contributed by atoms with E-state index in [0.29, 0.717) is 17.1 Å². The first-order chi connectivity index (χ1) is 9.26.